The molecule has 1 amide bonds. The molecule has 34 heavy (non-hydrogen) atoms. The Kier molecular flexibility index (Phi) is 6.16. The molecule has 0 radical (unpaired) electrons. The molecule has 0 aliphatic carbocycles. The van der Waals surface area contributed by atoms with Gasteiger partial charge in [0.25, 0.3) is 0 Å². The number of carbonyl (C=O) groups is 1. The normalized spacial score (nSPS) is 18.0. The van der Waals surface area contributed by atoms with Crippen molar-refractivity contribution in [1.29, 1.82) is 0 Å². The van der Waals surface area contributed by atoms with Crippen molar-refractivity contribution in [2.75, 3.05) is 42.9 Å². The second-order valence-electron chi connectivity index (χ2n) is 9.03. The Morgan fingerprint density at radius 2 is 1.71 bits per heavy atom. The van der Waals surface area contributed by atoms with Gasteiger partial charge in [0.2, 0.25) is 5.91 Å². The Hall–Kier alpha value is -3.14. The minimum absolute atomic E-state index is 0.0409. The molecule has 3 aromatic rings. The highest BCUT2D eigenvalue weighted by Gasteiger charge is 2.31. The average Bonchev–Trinajstić information content (AvgIpc) is 3.49. The molecule has 7 nitrogen and oxygen atoms in total. The van der Waals surface area contributed by atoms with Crippen LogP contribution in [-0.4, -0.2) is 58.5 Å². The van der Waals surface area contributed by atoms with Crippen molar-refractivity contribution >= 4 is 28.3 Å². The molecule has 3 heterocycles. The van der Waals surface area contributed by atoms with Gasteiger partial charge in [-0.1, -0.05) is 5.21 Å². The van der Waals surface area contributed by atoms with Crippen LogP contribution in [0.3, 0.4) is 0 Å². The minimum Gasteiger partial charge on any atom is -0.372 e. The summed E-state index contributed by atoms with van der Waals surface area (Å²) in [5.41, 5.74) is 2.09. The summed E-state index contributed by atoms with van der Waals surface area (Å²) in [6.45, 7) is 3.87. The number of fused-ring (bicyclic) bond motifs is 1. The van der Waals surface area contributed by atoms with Gasteiger partial charge in [0.1, 0.15) is 5.52 Å². The van der Waals surface area contributed by atoms with Crippen molar-refractivity contribution in [2.24, 2.45) is 0 Å². The van der Waals surface area contributed by atoms with E-state index in [-0.39, 0.29) is 17.5 Å². The van der Waals surface area contributed by atoms with Gasteiger partial charge in [-0.2, -0.15) is 13.2 Å². The first-order chi connectivity index (χ1) is 16.4. The van der Waals surface area contributed by atoms with E-state index in [9.17, 15) is 18.0 Å². The van der Waals surface area contributed by atoms with Crippen LogP contribution in [0.25, 0.3) is 11.0 Å². The molecule has 0 unspecified atom stereocenters. The fourth-order valence-corrected chi connectivity index (χ4v) is 4.84. The lowest BCUT2D eigenvalue weighted by Gasteiger charge is -2.31. The van der Waals surface area contributed by atoms with E-state index < -0.39 is 11.7 Å². The summed E-state index contributed by atoms with van der Waals surface area (Å²) in [5.74, 6) is -0.0572. The largest absolute Gasteiger partial charge is 0.416 e. The molecular weight excluding hydrogens is 445 g/mol. The van der Waals surface area contributed by atoms with Crippen LogP contribution in [0.5, 0.6) is 0 Å². The molecule has 0 spiro atoms. The van der Waals surface area contributed by atoms with Crippen LogP contribution in [0, 0.1) is 0 Å². The Morgan fingerprint density at radius 3 is 2.38 bits per heavy atom. The second-order valence-corrected chi connectivity index (χ2v) is 9.03. The van der Waals surface area contributed by atoms with Gasteiger partial charge in [0.15, 0.2) is 0 Å². The summed E-state index contributed by atoms with van der Waals surface area (Å²) >= 11 is 0. The van der Waals surface area contributed by atoms with Crippen molar-refractivity contribution in [3.8, 4) is 0 Å². The van der Waals surface area contributed by atoms with Crippen molar-refractivity contribution in [3.05, 3.63) is 48.0 Å². The highest BCUT2D eigenvalue weighted by atomic mass is 19.4. The van der Waals surface area contributed by atoms with Crippen LogP contribution in [0.2, 0.25) is 0 Å². The maximum Gasteiger partial charge on any atom is 0.416 e. The summed E-state index contributed by atoms with van der Waals surface area (Å²) in [6, 6.07) is 11.6. The number of nitrogens with zero attached hydrogens (tertiary/aromatic N) is 5. The first-order valence-corrected chi connectivity index (χ1v) is 11.7. The molecule has 1 aromatic heterocycles. The first-order valence-electron chi connectivity index (χ1n) is 11.7. The number of halogens is 3. The zero-order valence-electron chi connectivity index (χ0n) is 18.8. The molecule has 1 N–H and O–H groups in total. The Labute approximate surface area is 195 Å². The molecule has 180 valence electrons. The Balaban J connectivity index is 1.14. The van der Waals surface area contributed by atoms with Crippen LogP contribution in [0.1, 0.15) is 37.3 Å². The molecule has 5 rings (SSSR count). The van der Waals surface area contributed by atoms with E-state index in [4.69, 9.17) is 0 Å². The number of carbonyl (C=O) groups excluding carboxylic acids is 1. The smallest absolute Gasteiger partial charge is 0.372 e. The van der Waals surface area contributed by atoms with Gasteiger partial charge in [-0.25, -0.2) is 4.68 Å². The SMILES string of the molecule is O=C(CN1CCC(n2nnc3cc(C(F)(F)F)ccc32)CC1)Nc1ccc(N2CCCC2)cc1. The third-order valence-electron chi connectivity index (χ3n) is 6.69. The number of alkyl halides is 3. The van der Waals surface area contributed by atoms with Crippen molar-refractivity contribution in [2.45, 2.75) is 37.9 Å². The molecule has 0 atom stereocenters. The van der Waals surface area contributed by atoms with Crippen molar-refractivity contribution in [3.63, 3.8) is 0 Å². The number of anilines is 2. The molecule has 10 heteroatoms. The fraction of sp³-hybridized carbons (Fsp3) is 0.458. The quantitative estimate of drug-likeness (QED) is 0.599. The molecule has 2 saturated heterocycles. The summed E-state index contributed by atoms with van der Waals surface area (Å²) in [5, 5.41) is 11.0. The van der Waals surface area contributed by atoms with Gasteiger partial charge >= 0.3 is 6.18 Å². The molecule has 2 aliphatic rings. The lowest BCUT2D eigenvalue weighted by atomic mass is 10.0. The van der Waals surface area contributed by atoms with Gasteiger partial charge in [0, 0.05) is 37.6 Å². The summed E-state index contributed by atoms with van der Waals surface area (Å²) in [4.78, 5) is 17.0. The van der Waals surface area contributed by atoms with E-state index in [1.165, 1.54) is 24.6 Å². The zero-order chi connectivity index (χ0) is 23.7. The number of benzene rings is 2. The molecule has 0 saturated carbocycles. The van der Waals surface area contributed by atoms with Crippen LogP contribution in [0.15, 0.2) is 42.5 Å². The minimum atomic E-state index is -4.40. The third kappa shape index (κ3) is 4.86. The van der Waals surface area contributed by atoms with Crippen LogP contribution < -0.4 is 10.2 Å². The van der Waals surface area contributed by atoms with Crippen LogP contribution in [0.4, 0.5) is 24.5 Å². The Bertz CT molecular complexity index is 1150. The second kappa shape index (κ2) is 9.25. The van der Waals surface area contributed by atoms with Crippen LogP contribution in [-0.2, 0) is 11.0 Å². The van der Waals surface area contributed by atoms with Gasteiger partial charge < -0.3 is 10.2 Å². The number of rotatable bonds is 5. The topological polar surface area (TPSA) is 66.3 Å². The molecule has 0 bridgehead atoms. The van der Waals surface area contributed by atoms with E-state index in [0.29, 0.717) is 25.2 Å². The summed E-state index contributed by atoms with van der Waals surface area (Å²) in [7, 11) is 0. The lowest BCUT2D eigenvalue weighted by molar-refractivity contribution is -0.137. The van der Waals surface area contributed by atoms with Crippen molar-refractivity contribution in [1.82, 2.24) is 19.9 Å². The van der Waals surface area contributed by atoms with E-state index in [1.54, 1.807) is 4.68 Å². The lowest BCUT2D eigenvalue weighted by Crippen LogP contribution is -2.39. The fourth-order valence-electron chi connectivity index (χ4n) is 4.84. The first kappa shape index (κ1) is 22.6. The maximum atomic E-state index is 12.9. The van der Waals surface area contributed by atoms with E-state index in [2.05, 4.69) is 25.4 Å². The van der Waals surface area contributed by atoms with E-state index in [1.807, 2.05) is 24.3 Å². The average molecular weight is 473 g/mol. The number of likely N-dealkylation sites (tertiary alicyclic amines) is 1. The molecular formula is C24H27F3N6O. The number of nitrogens with one attached hydrogen (secondary N) is 1. The van der Waals surface area contributed by atoms with Gasteiger partial charge in [-0.15, -0.1) is 5.10 Å². The highest BCUT2D eigenvalue weighted by molar-refractivity contribution is 5.92. The highest BCUT2D eigenvalue weighted by Crippen LogP contribution is 2.32. The predicted octanol–water partition coefficient (Wildman–Crippen LogP) is 4.33. The number of amides is 1. The monoisotopic (exact) mass is 472 g/mol. The summed E-state index contributed by atoms with van der Waals surface area (Å²) < 4.78 is 40.6. The number of aromatic nitrogens is 3. The van der Waals surface area contributed by atoms with Crippen LogP contribution >= 0.6 is 0 Å². The maximum absolute atomic E-state index is 12.9. The van der Waals surface area contributed by atoms with Gasteiger partial charge in [-0.05, 0) is 68.1 Å². The van der Waals surface area contributed by atoms with Crippen molar-refractivity contribution < 1.29 is 18.0 Å². The summed E-state index contributed by atoms with van der Waals surface area (Å²) in [6.07, 6.45) is -0.461. The van der Waals surface area contributed by atoms with Gasteiger partial charge in [0.05, 0.1) is 23.7 Å². The molecule has 2 aliphatic heterocycles. The third-order valence-corrected chi connectivity index (χ3v) is 6.69. The zero-order valence-corrected chi connectivity index (χ0v) is 18.8. The standard InChI is InChI=1S/C24H27F3N6O/c25-24(26,27)17-3-8-22-21(15-17)29-30-33(22)20-9-13-31(14-10-20)16-23(34)28-18-4-6-19(7-5-18)32-11-1-2-12-32/h3-8,15,20H,1-2,9-14,16H2,(H,28,34). The predicted molar refractivity (Wildman–Crippen MR) is 124 cm³/mol. The molecule has 2 fully saturated rings. The van der Waals surface area contributed by atoms with E-state index in [0.717, 1.165) is 43.8 Å². The Morgan fingerprint density at radius 1 is 1.00 bits per heavy atom. The van der Waals surface area contributed by atoms with Gasteiger partial charge in [-0.3, -0.25) is 9.69 Å². The number of hydrogen-bond acceptors (Lipinski definition) is 5. The van der Waals surface area contributed by atoms with E-state index >= 15 is 0 Å². The molecule has 2 aromatic carbocycles. The number of hydrogen-bond donors (Lipinski definition) is 1. The number of piperidine rings is 1.